The Hall–Kier alpha value is -2.53. The smallest absolute Gasteiger partial charge is 0.313 e. The van der Waals surface area contributed by atoms with Gasteiger partial charge in [0.15, 0.2) is 0 Å². The normalized spacial score (nSPS) is 11.4. The molecule has 0 aromatic heterocycles. The molecule has 2 N–H and O–H groups in total. The second kappa shape index (κ2) is 7.65. The molecule has 0 heterocycles. The Kier molecular flexibility index (Phi) is 5.60. The number of carbonyl (C=O) groups excluding carboxylic acids is 2. The minimum Gasteiger partial charge on any atom is -0.497 e. The van der Waals surface area contributed by atoms with Gasteiger partial charge in [0.05, 0.1) is 23.9 Å². The molecule has 1 atom stereocenters. The molecular formula is C17H17ClN2O3. The van der Waals surface area contributed by atoms with Gasteiger partial charge >= 0.3 is 11.8 Å². The minimum absolute atomic E-state index is 0.314. The maximum absolute atomic E-state index is 12.0. The predicted octanol–water partition coefficient (Wildman–Crippen LogP) is 3.16. The highest BCUT2D eigenvalue weighted by Gasteiger charge is 2.18. The molecule has 0 aliphatic heterocycles. The molecule has 120 valence electrons. The van der Waals surface area contributed by atoms with Gasteiger partial charge in [-0.05, 0) is 36.8 Å². The van der Waals surface area contributed by atoms with E-state index in [4.69, 9.17) is 16.3 Å². The number of anilines is 1. The van der Waals surface area contributed by atoms with Crippen molar-refractivity contribution in [2.75, 3.05) is 12.4 Å². The number of methoxy groups -OCH3 is 1. The van der Waals surface area contributed by atoms with Crippen LogP contribution in [0.1, 0.15) is 18.5 Å². The molecule has 2 aromatic rings. The fourth-order valence-corrected chi connectivity index (χ4v) is 2.16. The Labute approximate surface area is 139 Å². The first-order chi connectivity index (χ1) is 11.0. The van der Waals surface area contributed by atoms with Crippen LogP contribution in [0.4, 0.5) is 5.69 Å². The highest BCUT2D eigenvalue weighted by atomic mass is 35.5. The minimum atomic E-state index is -0.765. The third-order valence-corrected chi connectivity index (χ3v) is 3.62. The van der Waals surface area contributed by atoms with Crippen LogP contribution < -0.4 is 15.4 Å². The molecule has 2 aromatic carbocycles. The lowest BCUT2D eigenvalue weighted by Gasteiger charge is -2.14. The van der Waals surface area contributed by atoms with E-state index in [1.807, 2.05) is 12.1 Å². The molecule has 6 heteroatoms. The molecule has 2 amide bonds. The Morgan fingerprint density at radius 1 is 1.04 bits per heavy atom. The SMILES string of the molecule is COc1ccc(C(C)NC(=O)C(=O)Nc2ccccc2Cl)cc1. The van der Waals surface area contributed by atoms with Crippen LogP contribution in [0.3, 0.4) is 0 Å². The summed E-state index contributed by atoms with van der Waals surface area (Å²) in [6, 6.07) is 13.7. The van der Waals surface area contributed by atoms with Crippen LogP contribution in [0.25, 0.3) is 0 Å². The average Bonchev–Trinajstić information content (AvgIpc) is 2.56. The van der Waals surface area contributed by atoms with Gasteiger partial charge in [-0.2, -0.15) is 0 Å². The lowest BCUT2D eigenvalue weighted by atomic mass is 10.1. The summed E-state index contributed by atoms with van der Waals surface area (Å²) in [7, 11) is 1.58. The van der Waals surface area contributed by atoms with Crippen LogP contribution in [-0.4, -0.2) is 18.9 Å². The molecule has 23 heavy (non-hydrogen) atoms. The summed E-state index contributed by atoms with van der Waals surface area (Å²) >= 11 is 5.94. The van der Waals surface area contributed by atoms with E-state index in [0.717, 1.165) is 11.3 Å². The van der Waals surface area contributed by atoms with Crippen LogP contribution in [0.2, 0.25) is 5.02 Å². The van der Waals surface area contributed by atoms with E-state index in [1.54, 1.807) is 50.4 Å². The number of benzene rings is 2. The molecule has 0 radical (unpaired) electrons. The van der Waals surface area contributed by atoms with E-state index < -0.39 is 11.8 Å². The zero-order valence-electron chi connectivity index (χ0n) is 12.8. The van der Waals surface area contributed by atoms with E-state index in [9.17, 15) is 9.59 Å². The summed E-state index contributed by atoms with van der Waals surface area (Å²) in [6.45, 7) is 1.79. The molecule has 0 aliphatic carbocycles. The van der Waals surface area contributed by atoms with Gasteiger partial charge < -0.3 is 15.4 Å². The number of nitrogens with one attached hydrogen (secondary N) is 2. The van der Waals surface area contributed by atoms with E-state index >= 15 is 0 Å². The van der Waals surface area contributed by atoms with Crippen LogP contribution >= 0.6 is 11.6 Å². The second-order valence-corrected chi connectivity index (χ2v) is 5.31. The van der Waals surface area contributed by atoms with Crippen molar-refractivity contribution in [3.8, 4) is 5.75 Å². The van der Waals surface area contributed by atoms with Crippen molar-refractivity contribution in [3.05, 3.63) is 59.1 Å². The molecule has 0 spiro atoms. The second-order valence-electron chi connectivity index (χ2n) is 4.90. The van der Waals surface area contributed by atoms with Crippen molar-refractivity contribution in [2.45, 2.75) is 13.0 Å². The van der Waals surface area contributed by atoms with Crippen LogP contribution in [0.5, 0.6) is 5.75 Å². The van der Waals surface area contributed by atoms with E-state index in [-0.39, 0.29) is 6.04 Å². The van der Waals surface area contributed by atoms with E-state index in [0.29, 0.717) is 10.7 Å². The van der Waals surface area contributed by atoms with Gasteiger partial charge in [-0.1, -0.05) is 35.9 Å². The third kappa shape index (κ3) is 4.47. The zero-order valence-corrected chi connectivity index (χ0v) is 13.6. The van der Waals surface area contributed by atoms with Crippen molar-refractivity contribution in [3.63, 3.8) is 0 Å². The number of hydrogen-bond donors (Lipinski definition) is 2. The summed E-state index contributed by atoms with van der Waals surface area (Å²) in [5.74, 6) is -0.768. The van der Waals surface area contributed by atoms with Gasteiger partial charge in [-0.3, -0.25) is 9.59 Å². The van der Waals surface area contributed by atoms with Gasteiger partial charge in [0, 0.05) is 0 Å². The van der Waals surface area contributed by atoms with Crippen LogP contribution in [0, 0.1) is 0 Å². The summed E-state index contributed by atoms with van der Waals surface area (Å²) < 4.78 is 5.08. The van der Waals surface area contributed by atoms with Crippen LogP contribution in [0.15, 0.2) is 48.5 Å². The largest absolute Gasteiger partial charge is 0.497 e. The Bertz CT molecular complexity index is 701. The van der Waals surface area contributed by atoms with Gasteiger partial charge in [0.2, 0.25) is 0 Å². The number of para-hydroxylation sites is 1. The van der Waals surface area contributed by atoms with E-state index in [1.165, 1.54) is 0 Å². The molecule has 0 saturated carbocycles. The van der Waals surface area contributed by atoms with Crippen molar-refractivity contribution in [2.24, 2.45) is 0 Å². The maximum atomic E-state index is 12.0. The van der Waals surface area contributed by atoms with Gasteiger partial charge in [0.25, 0.3) is 0 Å². The van der Waals surface area contributed by atoms with Crippen LogP contribution in [-0.2, 0) is 9.59 Å². The number of hydrogen-bond acceptors (Lipinski definition) is 3. The van der Waals surface area contributed by atoms with Crippen molar-refractivity contribution >= 4 is 29.1 Å². The Morgan fingerprint density at radius 3 is 2.30 bits per heavy atom. The number of amides is 2. The lowest BCUT2D eigenvalue weighted by molar-refractivity contribution is -0.136. The number of rotatable bonds is 4. The first kappa shape index (κ1) is 16.8. The molecule has 1 unspecified atom stereocenters. The quantitative estimate of drug-likeness (QED) is 0.845. The van der Waals surface area contributed by atoms with Crippen molar-refractivity contribution < 1.29 is 14.3 Å². The first-order valence-electron chi connectivity index (χ1n) is 7.01. The predicted molar refractivity (Wildman–Crippen MR) is 89.6 cm³/mol. The third-order valence-electron chi connectivity index (χ3n) is 3.29. The van der Waals surface area contributed by atoms with Gasteiger partial charge in [0.1, 0.15) is 5.75 Å². The first-order valence-corrected chi connectivity index (χ1v) is 7.39. The Morgan fingerprint density at radius 2 is 1.70 bits per heavy atom. The average molecular weight is 333 g/mol. The van der Waals surface area contributed by atoms with Crippen molar-refractivity contribution in [1.29, 1.82) is 0 Å². The molecule has 0 aliphatic rings. The number of ether oxygens (including phenoxy) is 1. The molecule has 2 rings (SSSR count). The number of carbonyl (C=O) groups is 2. The van der Waals surface area contributed by atoms with E-state index in [2.05, 4.69) is 10.6 Å². The topological polar surface area (TPSA) is 67.4 Å². The molecule has 5 nitrogen and oxygen atoms in total. The fraction of sp³-hybridized carbons (Fsp3) is 0.176. The zero-order chi connectivity index (χ0) is 16.8. The number of halogens is 1. The summed E-state index contributed by atoms with van der Waals surface area (Å²) in [5.41, 5.74) is 1.26. The highest BCUT2D eigenvalue weighted by Crippen LogP contribution is 2.20. The molecule has 0 bridgehead atoms. The summed E-state index contributed by atoms with van der Waals surface area (Å²) in [4.78, 5) is 23.9. The molecular weight excluding hydrogens is 316 g/mol. The highest BCUT2D eigenvalue weighted by molar-refractivity contribution is 6.41. The van der Waals surface area contributed by atoms with Gasteiger partial charge in [-0.25, -0.2) is 0 Å². The fourth-order valence-electron chi connectivity index (χ4n) is 1.98. The lowest BCUT2D eigenvalue weighted by Crippen LogP contribution is -2.36. The monoisotopic (exact) mass is 332 g/mol. The summed E-state index contributed by atoms with van der Waals surface area (Å²) in [6.07, 6.45) is 0. The summed E-state index contributed by atoms with van der Waals surface area (Å²) in [5, 5.41) is 5.49. The molecule has 0 saturated heterocycles. The van der Waals surface area contributed by atoms with Gasteiger partial charge in [-0.15, -0.1) is 0 Å². The Balaban J connectivity index is 1.97. The standard InChI is InChI=1S/C17H17ClN2O3/c1-11(12-7-9-13(23-2)10-8-12)19-16(21)17(22)20-15-6-4-3-5-14(15)18/h3-11H,1-2H3,(H,19,21)(H,20,22). The maximum Gasteiger partial charge on any atom is 0.313 e. The molecule has 0 fully saturated rings. The van der Waals surface area contributed by atoms with Crippen molar-refractivity contribution in [1.82, 2.24) is 5.32 Å².